The van der Waals surface area contributed by atoms with Crippen LogP contribution in [-0.2, 0) is 4.79 Å². The van der Waals surface area contributed by atoms with Crippen molar-refractivity contribution in [1.29, 1.82) is 0 Å². The lowest BCUT2D eigenvalue weighted by molar-refractivity contribution is -0.136. The highest BCUT2D eigenvalue weighted by Gasteiger charge is 1.95. The van der Waals surface area contributed by atoms with Crippen LogP contribution >= 0.6 is 0 Å². The van der Waals surface area contributed by atoms with Gasteiger partial charge in [-0.25, -0.2) is 0 Å². The lowest BCUT2D eigenvalue weighted by Gasteiger charge is -1.71. The number of carboxylic acids is 1. The third-order valence-corrected chi connectivity index (χ3v) is 2.80. The molecule has 2 rings (SSSR count). The molecule has 0 aliphatic heterocycles. The summed E-state index contributed by atoms with van der Waals surface area (Å²) in [5.41, 5.74) is 0. The average molecular weight is 214 g/mol. The minimum Gasteiger partial charge on any atom is -0.481 e. The smallest absolute Gasteiger partial charge is 0.303 e. The highest BCUT2D eigenvalue weighted by atomic mass is 16.4. The number of carboxylic acid groups (broad SMARTS) is 1. The van der Waals surface area contributed by atoms with Gasteiger partial charge >= 0.3 is 5.97 Å². The molecule has 0 radical (unpaired) electrons. The predicted molar refractivity (Wildman–Crippen MR) is 64.1 cm³/mol. The summed E-state index contributed by atoms with van der Waals surface area (Å²) in [5, 5.41) is 7.72. The Balaban J connectivity index is 0.000000196. The average Bonchev–Trinajstić information content (AvgIpc) is 2.96. The minimum absolute atomic E-state index is 0.222. The Kier molecular flexibility index (Phi) is 11.1. The van der Waals surface area contributed by atoms with Gasteiger partial charge in [0.1, 0.15) is 0 Å². The largest absolute Gasteiger partial charge is 0.481 e. The molecule has 1 N–H and O–H groups in total. The highest BCUT2D eigenvalue weighted by molar-refractivity contribution is 5.66. The first-order chi connectivity index (χ1) is 7.27. The van der Waals surface area contributed by atoms with Gasteiger partial charge < -0.3 is 5.11 Å². The first-order valence-corrected chi connectivity index (χ1v) is 6.49. The molecule has 0 unspecified atom stereocenters. The van der Waals surface area contributed by atoms with E-state index in [1.54, 1.807) is 6.92 Å². The van der Waals surface area contributed by atoms with Crippen LogP contribution in [0.4, 0.5) is 0 Å². The van der Waals surface area contributed by atoms with Gasteiger partial charge in [-0.1, -0.05) is 71.1 Å². The summed E-state index contributed by atoms with van der Waals surface area (Å²) in [6.45, 7) is 1.60. The van der Waals surface area contributed by atoms with Crippen LogP contribution in [0.3, 0.4) is 0 Å². The molecule has 0 bridgehead atoms. The third kappa shape index (κ3) is 13.5. The van der Waals surface area contributed by atoms with Gasteiger partial charge in [0, 0.05) is 6.42 Å². The molecule has 0 aromatic rings. The van der Waals surface area contributed by atoms with E-state index in [0.29, 0.717) is 0 Å². The van der Waals surface area contributed by atoms with Crippen molar-refractivity contribution in [3.05, 3.63) is 0 Å². The number of hydrogen-bond donors (Lipinski definition) is 1. The van der Waals surface area contributed by atoms with E-state index < -0.39 is 5.97 Å². The van der Waals surface area contributed by atoms with Crippen LogP contribution in [0.25, 0.3) is 0 Å². The Morgan fingerprint density at radius 3 is 1.00 bits per heavy atom. The van der Waals surface area contributed by atoms with Crippen molar-refractivity contribution >= 4 is 5.97 Å². The normalized spacial score (nSPS) is 18.5. The van der Waals surface area contributed by atoms with Crippen LogP contribution in [0.5, 0.6) is 0 Å². The summed E-state index contributed by atoms with van der Waals surface area (Å²) in [7, 11) is 0. The van der Waals surface area contributed by atoms with Gasteiger partial charge in [0.05, 0.1) is 0 Å². The molecule has 90 valence electrons. The molecule has 2 aliphatic carbocycles. The van der Waals surface area contributed by atoms with E-state index in [2.05, 4.69) is 0 Å². The fraction of sp³-hybridized carbons (Fsp3) is 0.923. The van der Waals surface area contributed by atoms with E-state index >= 15 is 0 Å². The highest BCUT2D eigenvalue weighted by Crippen LogP contribution is 2.15. The first-order valence-electron chi connectivity index (χ1n) is 6.49. The summed E-state index contributed by atoms with van der Waals surface area (Å²) < 4.78 is 0. The van der Waals surface area contributed by atoms with Gasteiger partial charge in [-0.2, -0.15) is 0 Å². The van der Waals surface area contributed by atoms with Crippen molar-refractivity contribution in [3.8, 4) is 0 Å². The van der Waals surface area contributed by atoms with Crippen molar-refractivity contribution in [1.82, 2.24) is 0 Å². The Labute approximate surface area is 94.1 Å². The zero-order valence-electron chi connectivity index (χ0n) is 10.1. The molecule has 0 heterocycles. The Hall–Kier alpha value is -0.530. The maximum atomic E-state index is 9.37. The second-order valence-corrected chi connectivity index (χ2v) is 4.28. The second kappa shape index (κ2) is 11.5. The minimum atomic E-state index is -0.745. The molecule has 2 nitrogen and oxygen atoms in total. The quantitative estimate of drug-likeness (QED) is 0.703. The van der Waals surface area contributed by atoms with E-state index in [1.165, 1.54) is 64.2 Å². The van der Waals surface area contributed by atoms with E-state index in [0.717, 1.165) is 0 Å². The zero-order valence-corrected chi connectivity index (χ0v) is 10.1. The number of hydrogen-bond acceptors (Lipinski definition) is 1. The van der Waals surface area contributed by atoms with Crippen molar-refractivity contribution < 1.29 is 9.90 Å². The van der Waals surface area contributed by atoms with Crippen molar-refractivity contribution in [2.24, 2.45) is 0 Å². The molecule has 0 atom stereocenters. The van der Waals surface area contributed by atoms with E-state index in [4.69, 9.17) is 5.11 Å². The van der Waals surface area contributed by atoms with Crippen LogP contribution < -0.4 is 0 Å². The molecule has 0 amide bonds. The van der Waals surface area contributed by atoms with Crippen molar-refractivity contribution in [3.63, 3.8) is 0 Å². The molecule has 0 spiro atoms. The molecule has 0 saturated heterocycles. The van der Waals surface area contributed by atoms with E-state index in [1.807, 2.05) is 0 Å². The van der Waals surface area contributed by atoms with Crippen LogP contribution in [0.1, 0.15) is 77.6 Å². The number of rotatable bonds is 1. The van der Waals surface area contributed by atoms with Gasteiger partial charge in [-0.15, -0.1) is 0 Å². The standard InChI is InChI=1S/2C5H10.C3H6O2/c2*1-2-4-5-3-1;1-2-3(4)5/h2*1-5H2;2H2,1H3,(H,4,5). The molecule has 2 heteroatoms. The Morgan fingerprint density at radius 2 is 0.933 bits per heavy atom. The van der Waals surface area contributed by atoms with Crippen molar-refractivity contribution in [2.45, 2.75) is 77.6 Å². The summed E-state index contributed by atoms with van der Waals surface area (Å²) in [6.07, 6.45) is 15.2. The second-order valence-electron chi connectivity index (χ2n) is 4.28. The van der Waals surface area contributed by atoms with Crippen molar-refractivity contribution in [2.75, 3.05) is 0 Å². The fourth-order valence-corrected chi connectivity index (χ4v) is 1.77. The summed E-state index contributed by atoms with van der Waals surface area (Å²) in [6, 6.07) is 0. The maximum absolute atomic E-state index is 9.37. The summed E-state index contributed by atoms with van der Waals surface area (Å²) in [4.78, 5) is 9.37. The van der Waals surface area contributed by atoms with Gasteiger partial charge in [0.2, 0.25) is 0 Å². The molecular formula is C13H26O2. The molecule has 2 aliphatic rings. The molecule has 15 heavy (non-hydrogen) atoms. The molecule has 2 fully saturated rings. The van der Waals surface area contributed by atoms with Gasteiger partial charge in [0.15, 0.2) is 0 Å². The van der Waals surface area contributed by atoms with Gasteiger partial charge in [-0.3, -0.25) is 4.79 Å². The molecule has 2 saturated carbocycles. The van der Waals surface area contributed by atoms with Gasteiger partial charge in [-0.05, 0) is 0 Å². The van der Waals surface area contributed by atoms with E-state index in [-0.39, 0.29) is 6.42 Å². The maximum Gasteiger partial charge on any atom is 0.303 e. The van der Waals surface area contributed by atoms with Crippen LogP contribution in [-0.4, -0.2) is 11.1 Å². The van der Waals surface area contributed by atoms with Crippen LogP contribution in [0.15, 0.2) is 0 Å². The van der Waals surface area contributed by atoms with Crippen LogP contribution in [0, 0.1) is 0 Å². The lowest BCUT2D eigenvalue weighted by Crippen LogP contribution is -1.86. The molecular weight excluding hydrogens is 188 g/mol. The van der Waals surface area contributed by atoms with Gasteiger partial charge in [0.25, 0.3) is 0 Å². The third-order valence-electron chi connectivity index (χ3n) is 2.80. The predicted octanol–water partition coefficient (Wildman–Crippen LogP) is 4.38. The monoisotopic (exact) mass is 214 g/mol. The lowest BCUT2D eigenvalue weighted by atomic mass is 10.4. The number of carbonyl (C=O) groups is 1. The Bertz CT molecular complexity index is 110. The first kappa shape index (κ1) is 14.5. The summed E-state index contributed by atoms with van der Waals surface area (Å²) in [5.74, 6) is -0.745. The van der Waals surface area contributed by atoms with Crippen LogP contribution in [0.2, 0.25) is 0 Å². The summed E-state index contributed by atoms with van der Waals surface area (Å²) >= 11 is 0. The Morgan fingerprint density at radius 1 is 0.800 bits per heavy atom. The zero-order chi connectivity index (χ0) is 11.4. The van der Waals surface area contributed by atoms with E-state index in [9.17, 15) is 4.79 Å². The SMILES string of the molecule is C1CCCC1.C1CCCC1.CCC(=O)O. The fourth-order valence-electron chi connectivity index (χ4n) is 1.77. The molecule has 0 aromatic heterocycles. The number of aliphatic carboxylic acids is 1. The molecule has 0 aromatic carbocycles. The topological polar surface area (TPSA) is 37.3 Å².